The molecule has 0 aliphatic rings. The Hall–Kier alpha value is -3.12. The molecule has 6 heteroatoms. The van der Waals surface area contributed by atoms with E-state index in [-0.39, 0.29) is 22.7 Å². The van der Waals surface area contributed by atoms with Gasteiger partial charge in [0, 0.05) is 12.0 Å². The molecule has 3 aromatic carbocycles. The van der Waals surface area contributed by atoms with Crippen LogP contribution in [0.4, 0.5) is 0 Å². The number of carbonyl (C=O) groups is 1. The highest BCUT2D eigenvalue weighted by Gasteiger charge is 2.32. The second-order valence-electron chi connectivity index (χ2n) is 8.99. The molecule has 0 saturated heterocycles. The first-order valence-corrected chi connectivity index (χ1v) is 12.3. The largest absolute Gasteiger partial charge is 0.497 e. The van der Waals surface area contributed by atoms with Gasteiger partial charge in [-0.25, -0.2) is 8.42 Å². The molecular weight excluding hydrogens is 436 g/mol. The maximum atomic E-state index is 13.6. The summed E-state index contributed by atoms with van der Waals surface area (Å²) in [7, 11) is -2.27. The van der Waals surface area contributed by atoms with Crippen LogP contribution < -0.4 is 9.47 Å². The number of Topliss-reactive ketones (excluding diaryl/α,β-unsaturated/α-hetero) is 1. The van der Waals surface area contributed by atoms with Crippen LogP contribution in [0.5, 0.6) is 11.5 Å². The first kappa shape index (κ1) is 24.5. The van der Waals surface area contributed by atoms with Gasteiger partial charge in [0.15, 0.2) is 15.6 Å². The van der Waals surface area contributed by atoms with Crippen LogP contribution >= 0.6 is 0 Å². The zero-order valence-corrected chi connectivity index (χ0v) is 20.5. The van der Waals surface area contributed by atoms with Crippen molar-refractivity contribution in [1.29, 1.82) is 0 Å². The summed E-state index contributed by atoms with van der Waals surface area (Å²) in [6.07, 6.45) is -0.179. The molecule has 0 N–H and O–H groups in total. The first-order valence-electron chi connectivity index (χ1n) is 10.8. The van der Waals surface area contributed by atoms with E-state index in [0.29, 0.717) is 22.6 Å². The van der Waals surface area contributed by atoms with Crippen molar-refractivity contribution in [3.05, 3.63) is 89.5 Å². The Morgan fingerprint density at radius 1 is 0.848 bits per heavy atom. The van der Waals surface area contributed by atoms with Crippen LogP contribution in [0.1, 0.15) is 53.9 Å². The molecule has 0 heterocycles. The van der Waals surface area contributed by atoms with Gasteiger partial charge >= 0.3 is 0 Å². The van der Waals surface area contributed by atoms with Gasteiger partial charge < -0.3 is 9.47 Å². The van der Waals surface area contributed by atoms with Crippen LogP contribution in [-0.4, -0.2) is 26.9 Å². The number of sulfone groups is 1. The minimum absolute atomic E-state index is 0.179. The van der Waals surface area contributed by atoms with Gasteiger partial charge in [0.25, 0.3) is 0 Å². The van der Waals surface area contributed by atoms with Crippen LogP contribution in [0, 0.1) is 6.92 Å². The minimum Gasteiger partial charge on any atom is -0.497 e. The zero-order chi connectivity index (χ0) is 24.2. The second-order valence-corrected chi connectivity index (χ2v) is 11.1. The summed E-state index contributed by atoms with van der Waals surface area (Å²) >= 11 is 0. The van der Waals surface area contributed by atoms with Crippen LogP contribution in [0.3, 0.4) is 0 Å². The van der Waals surface area contributed by atoms with Crippen molar-refractivity contribution in [1.82, 2.24) is 0 Å². The highest BCUT2D eigenvalue weighted by Crippen LogP contribution is 2.34. The van der Waals surface area contributed by atoms with E-state index in [0.717, 1.165) is 5.56 Å². The maximum Gasteiger partial charge on any atom is 0.185 e. The van der Waals surface area contributed by atoms with Gasteiger partial charge in [-0.15, -0.1) is 0 Å². The van der Waals surface area contributed by atoms with Crippen molar-refractivity contribution in [2.24, 2.45) is 0 Å². The van der Waals surface area contributed by atoms with E-state index in [4.69, 9.17) is 9.47 Å². The average molecular weight is 467 g/mol. The lowest BCUT2D eigenvalue weighted by Gasteiger charge is -2.22. The predicted molar refractivity (Wildman–Crippen MR) is 130 cm³/mol. The third kappa shape index (κ3) is 6.23. The summed E-state index contributed by atoms with van der Waals surface area (Å²) in [6.45, 7) is 7.73. The average Bonchev–Trinajstić information content (AvgIpc) is 2.77. The minimum atomic E-state index is -3.82. The molecule has 0 amide bonds. The zero-order valence-electron chi connectivity index (χ0n) is 19.7. The van der Waals surface area contributed by atoms with E-state index in [9.17, 15) is 13.2 Å². The number of ether oxygens (including phenoxy) is 2. The first-order chi connectivity index (χ1) is 15.5. The molecule has 0 aromatic heterocycles. The number of rotatable bonds is 8. The number of carbonyl (C=O) groups excluding carboxylic acids is 1. The highest BCUT2D eigenvalue weighted by molar-refractivity contribution is 7.91. The van der Waals surface area contributed by atoms with Gasteiger partial charge in [-0.3, -0.25) is 4.79 Å². The molecule has 33 heavy (non-hydrogen) atoms. The molecule has 5 nitrogen and oxygen atoms in total. The molecule has 3 aromatic rings. The standard InChI is InChI=1S/C27H30O5S/c1-19-6-16-24(17-7-19)33(29,30)26(18-25(28)20-8-12-22(31-5)13-9-20)21-10-14-23(15-11-21)32-27(2,3)4/h6-17,26H,18H2,1-5H3. The Balaban J connectivity index is 1.98. The van der Waals surface area contributed by atoms with Crippen LogP contribution in [-0.2, 0) is 9.84 Å². The Morgan fingerprint density at radius 2 is 1.39 bits per heavy atom. The Morgan fingerprint density at radius 3 is 1.91 bits per heavy atom. The monoisotopic (exact) mass is 466 g/mol. The molecule has 0 radical (unpaired) electrons. The second kappa shape index (κ2) is 9.79. The van der Waals surface area contributed by atoms with Crippen LogP contribution in [0.15, 0.2) is 77.7 Å². The van der Waals surface area contributed by atoms with Crippen molar-refractivity contribution < 1.29 is 22.7 Å². The van der Waals surface area contributed by atoms with E-state index in [2.05, 4.69) is 0 Å². The number of benzene rings is 3. The Kier molecular flexibility index (Phi) is 7.28. The van der Waals surface area contributed by atoms with Gasteiger partial charge in [0.1, 0.15) is 17.1 Å². The Labute approximate surface area is 196 Å². The molecule has 0 fully saturated rings. The van der Waals surface area contributed by atoms with Gasteiger partial charge in [-0.05, 0) is 81.8 Å². The summed E-state index contributed by atoms with van der Waals surface area (Å²) < 4.78 is 38.3. The molecule has 0 aliphatic heterocycles. The smallest absolute Gasteiger partial charge is 0.185 e. The summed E-state index contributed by atoms with van der Waals surface area (Å²) in [5, 5.41) is -1.03. The topological polar surface area (TPSA) is 69.7 Å². The molecule has 1 atom stereocenters. The lowest BCUT2D eigenvalue weighted by Crippen LogP contribution is -2.23. The third-order valence-corrected chi connectivity index (χ3v) is 7.30. The number of hydrogen-bond acceptors (Lipinski definition) is 5. The van der Waals surface area contributed by atoms with E-state index < -0.39 is 15.1 Å². The summed E-state index contributed by atoms with van der Waals surface area (Å²) in [5.41, 5.74) is 1.56. The molecular formula is C27H30O5S. The fourth-order valence-corrected chi connectivity index (χ4v) is 5.20. The molecule has 0 saturated carbocycles. The normalized spacial score (nSPS) is 12.8. The molecule has 0 aliphatic carbocycles. The Bertz CT molecular complexity index is 1190. The lowest BCUT2D eigenvalue weighted by atomic mass is 10.0. The van der Waals surface area contributed by atoms with Crippen LogP contribution in [0.25, 0.3) is 0 Å². The van der Waals surface area contributed by atoms with E-state index >= 15 is 0 Å². The van der Waals surface area contributed by atoms with Crippen molar-refractivity contribution in [3.63, 3.8) is 0 Å². The van der Waals surface area contributed by atoms with Crippen molar-refractivity contribution in [2.75, 3.05) is 7.11 Å². The molecule has 3 rings (SSSR count). The van der Waals surface area contributed by atoms with Gasteiger partial charge in [0.05, 0.1) is 17.3 Å². The van der Waals surface area contributed by atoms with Crippen LogP contribution in [0.2, 0.25) is 0 Å². The predicted octanol–water partition coefficient (Wildman–Crippen LogP) is 5.97. The van der Waals surface area contributed by atoms with Crippen molar-refractivity contribution in [3.8, 4) is 11.5 Å². The van der Waals surface area contributed by atoms with E-state index in [1.165, 1.54) is 0 Å². The number of ketones is 1. The van der Waals surface area contributed by atoms with Crippen molar-refractivity contribution >= 4 is 15.6 Å². The number of hydrogen-bond donors (Lipinski definition) is 0. The maximum absolute atomic E-state index is 13.6. The van der Waals surface area contributed by atoms with Gasteiger partial charge in [0.2, 0.25) is 0 Å². The lowest BCUT2D eigenvalue weighted by molar-refractivity contribution is 0.0980. The summed E-state index contributed by atoms with van der Waals surface area (Å²) in [6, 6.07) is 20.3. The fraction of sp³-hybridized carbons (Fsp3) is 0.296. The fourth-order valence-electron chi connectivity index (χ4n) is 3.47. The van der Waals surface area contributed by atoms with E-state index in [1.807, 2.05) is 27.7 Å². The SMILES string of the molecule is COc1ccc(C(=O)CC(c2ccc(OC(C)(C)C)cc2)S(=O)(=O)c2ccc(C)cc2)cc1. The number of aryl methyl sites for hydroxylation is 1. The molecule has 1 unspecified atom stereocenters. The molecule has 0 bridgehead atoms. The summed E-state index contributed by atoms with van der Waals surface area (Å²) in [4.78, 5) is 13.3. The van der Waals surface area contributed by atoms with Crippen molar-refractivity contribution in [2.45, 2.75) is 49.9 Å². The third-order valence-electron chi connectivity index (χ3n) is 5.18. The summed E-state index contributed by atoms with van der Waals surface area (Å²) in [5.74, 6) is 1.01. The van der Waals surface area contributed by atoms with Gasteiger partial charge in [-0.1, -0.05) is 29.8 Å². The molecule has 0 spiro atoms. The van der Waals surface area contributed by atoms with Gasteiger partial charge in [-0.2, -0.15) is 0 Å². The number of methoxy groups -OCH3 is 1. The quantitative estimate of drug-likeness (QED) is 0.383. The van der Waals surface area contributed by atoms with E-state index in [1.54, 1.807) is 79.9 Å². The molecule has 174 valence electrons. The highest BCUT2D eigenvalue weighted by atomic mass is 32.2.